The van der Waals surface area contributed by atoms with Crippen LogP contribution in [0.15, 0.2) is 91.1 Å². The van der Waals surface area contributed by atoms with E-state index in [0.29, 0.717) is 40.4 Å². The predicted octanol–water partition coefficient (Wildman–Crippen LogP) is 6.22. The number of halogens is 3. The van der Waals surface area contributed by atoms with Crippen LogP contribution in [0.2, 0.25) is 0 Å². The summed E-state index contributed by atoms with van der Waals surface area (Å²) in [4.78, 5) is 21.4. The number of nitrogens with zero attached hydrogens (tertiary/aromatic N) is 3. The lowest BCUT2D eigenvalue weighted by molar-refractivity contribution is -0.138. The Morgan fingerprint density at radius 3 is 2.14 bits per heavy atom. The van der Waals surface area contributed by atoms with E-state index in [1.807, 2.05) is 60.7 Å². The fourth-order valence-electron chi connectivity index (χ4n) is 4.38. The molecule has 2 aromatic heterocycles. The average Bonchev–Trinajstić information content (AvgIpc) is 3.21. The fourth-order valence-corrected chi connectivity index (χ4v) is 4.38. The molecule has 8 heteroatoms. The second-order valence-electron chi connectivity index (χ2n) is 8.75. The first-order chi connectivity index (χ1) is 17.8. The van der Waals surface area contributed by atoms with Crippen LogP contribution in [0.5, 0.6) is 0 Å². The lowest BCUT2D eigenvalue weighted by Gasteiger charge is -2.11. The maximum absolute atomic E-state index is 13.3. The molecule has 0 saturated carbocycles. The van der Waals surface area contributed by atoms with Gasteiger partial charge in [0.2, 0.25) is 0 Å². The summed E-state index contributed by atoms with van der Waals surface area (Å²) >= 11 is 0. The minimum Gasteiger partial charge on any atom is -0.481 e. The molecule has 0 amide bonds. The molecule has 0 radical (unpaired) electrons. The van der Waals surface area contributed by atoms with Gasteiger partial charge in [-0.05, 0) is 17.2 Å². The normalized spacial score (nSPS) is 11.6. The molecule has 0 bridgehead atoms. The highest BCUT2D eigenvalue weighted by Gasteiger charge is 2.30. The number of aliphatic carboxylic acids is 1. The van der Waals surface area contributed by atoms with Crippen molar-refractivity contribution in [2.24, 2.45) is 0 Å². The molecule has 3 aromatic carbocycles. The van der Waals surface area contributed by atoms with Crippen molar-refractivity contribution in [2.75, 3.05) is 0 Å². The SMILES string of the molecule is O=C(O)Cc1c(Cc2ccccc2)nc2c(Cc3cccc(C(F)(F)F)c3)nc(-c3ccccc3)cn12. The number of fused-ring (bicyclic) bond motifs is 1. The molecule has 0 aliphatic rings. The van der Waals surface area contributed by atoms with E-state index in [1.165, 1.54) is 6.07 Å². The molecule has 37 heavy (non-hydrogen) atoms. The Balaban J connectivity index is 1.69. The Labute approximate surface area is 210 Å². The molecule has 186 valence electrons. The second kappa shape index (κ2) is 9.89. The summed E-state index contributed by atoms with van der Waals surface area (Å²) in [5.41, 5.74) is 4.03. The summed E-state index contributed by atoms with van der Waals surface area (Å²) in [5.74, 6) is -1.01. The first-order valence-corrected chi connectivity index (χ1v) is 11.6. The van der Waals surface area contributed by atoms with Gasteiger partial charge in [-0.15, -0.1) is 0 Å². The van der Waals surface area contributed by atoms with E-state index in [9.17, 15) is 23.1 Å². The van der Waals surface area contributed by atoms with E-state index in [2.05, 4.69) is 0 Å². The highest BCUT2D eigenvalue weighted by Crippen LogP contribution is 2.31. The second-order valence-corrected chi connectivity index (χ2v) is 8.75. The van der Waals surface area contributed by atoms with Gasteiger partial charge in [0, 0.05) is 24.6 Å². The predicted molar refractivity (Wildman–Crippen MR) is 133 cm³/mol. The largest absolute Gasteiger partial charge is 0.481 e. The van der Waals surface area contributed by atoms with Crippen molar-refractivity contribution >= 4 is 11.6 Å². The van der Waals surface area contributed by atoms with Crippen LogP contribution in [0.3, 0.4) is 0 Å². The van der Waals surface area contributed by atoms with Crippen LogP contribution in [-0.2, 0) is 30.2 Å². The van der Waals surface area contributed by atoms with Gasteiger partial charge in [0.25, 0.3) is 0 Å². The molecule has 5 rings (SSSR count). The van der Waals surface area contributed by atoms with Crippen molar-refractivity contribution in [3.63, 3.8) is 0 Å². The molecule has 0 aliphatic carbocycles. The van der Waals surface area contributed by atoms with Gasteiger partial charge in [-0.2, -0.15) is 13.2 Å². The zero-order valence-electron chi connectivity index (χ0n) is 19.6. The molecular weight excluding hydrogens is 479 g/mol. The third kappa shape index (κ3) is 5.38. The summed E-state index contributed by atoms with van der Waals surface area (Å²) < 4.78 is 41.8. The maximum Gasteiger partial charge on any atom is 0.416 e. The van der Waals surface area contributed by atoms with E-state index in [-0.39, 0.29) is 12.8 Å². The number of carboxylic acid groups (broad SMARTS) is 1. The Bertz CT molecular complexity index is 1560. The lowest BCUT2D eigenvalue weighted by atomic mass is 10.1. The number of hydrogen-bond acceptors (Lipinski definition) is 3. The molecule has 0 aliphatic heterocycles. The Kier molecular flexibility index (Phi) is 6.48. The van der Waals surface area contributed by atoms with E-state index in [4.69, 9.17) is 9.97 Å². The third-order valence-corrected chi connectivity index (χ3v) is 6.09. The Morgan fingerprint density at radius 1 is 0.811 bits per heavy atom. The summed E-state index contributed by atoms with van der Waals surface area (Å²) in [5, 5.41) is 9.67. The van der Waals surface area contributed by atoms with Crippen molar-refractivity contribution in [3.8, 4) is 11.3 Å². The summed E-state index contributed by atoms with van der Waals surface area (Å²) in [6.45, 7) is 0. The number of carbonyl (C=O) groups is 1. The van der Waals surface area contributed by atoms with Crippen LogP contribution < -0.4 is 0 Å². The minimum atomic E-state index is -4.46. The smallest absolute Gasteiger partial charge is 0.416 e. The van der Waals surface area contributed by atoms with Crippen LogP contribution in [-0.4, -0.2) is 25.4 Å². The molecule has 0 unspecified atom stereocenters. The molecular formula is C29H22F3N3O2. The van der Waals surface area contributed by atoms with Crippen LogP contribution in [0, 0.1) is 0 Å². The van der Waals surface area contributed by atoms with Gasteiger partial charge in [0.1, 0.15) is 0 Å². The number of aromatic nitrogens is 3. The summed E-state index contributed by atoms with van der Waals surface area (Å²) in [6, 6.07) is 24.1. The van der Waals surface area contributed by atoms with Gasteiger partial charge >= 0.3 is 12.1 Å². The van der Waals surface area contributed by atoms with Crippen molar-refractivity contribution in [3.05, 3.63) is 125 Å². The minimum absolute atomic E-state index is 0.0996. The highest BCUT2D eigenvalue weighted by molar-refractivity contribution is 5.71. The molecule has 0 atom stereocenters. The van der Waals surface area contributed by atoms with E-state index in [0.717, 1.165) is 23.3 Å². The van der Waals surface area contributed by atoms with Crippen molar-refractivity contribution in [1.29, 1.82) is 0 Å². The van der Waals surface area contributed by atoms with Crippen molar-refractivity contribution in [2.45, 2.75) is 25.4 Å². The van der Waals surface area contributed by atoms with Gasteiger partial charge in [0.15, 0.2) is 5.65 Å². The molecule has 0 saturated heterocycles. The zero-order chi connectivity index (χ0) is 26.0. The number of benzene rings is 3. The zero-order valence-corrected chi connectivity index (χ0v) is 19.6. The number of carboxylic acids is 1. The molecule has 5 aromatic rings. The van der Waals surface area contributed by atoms with E-state index >= 15 is 0 Å². The summed E-state index contributed by atoms with van der Waals surface area (Å²) in [7, 11) is 0. The van der Waals surface area contributed by atoms with E-state index in [1.54, 1.807) is 16.7 Å². The number of hydrogen-bond donors (Lipinski definition) is 1. The van der Waals surface area contributed by atoms with Crippen LogP contribution in [0.25, 0.3) is 16.9 Å². The van der Waals surface area contributed by atoms with Gasteiger partial charge in [0.05, 0.1) is 34.8 Å². The molecule has 1 N–H and O–H groups in total. The van der Waals surface area contributed by atoms with Crippen molar-refractivity contribution < 1.29 is 23.1 Å². The monoisotopic (exact) mass is 501 g/mol. The quantitative estimate of drug-likeness (QED) is 0.287. The summed E-state index contributed by atoms with van der Waals surface area (Å²) in [6.07, 6.45) is -2.46. The van der Waals surface area contributed by atoms with Gasteiger partial charge < -0.3 is 5.11 Å². The highest BCUT2D eigenvalue weighted by atomic mass is 19.4. The first kappa shape index (κ1) is 24.2. The average molecular weight is 502 g/mol. The number of rotatable bonds is 7. The standard InChI is InChI=1S/C29H22F3N3O2/c30-29(31,32)22-13-7-10-20(14-22)16-24-28-34-23(15-19-8-3-1-4-9-19)26(17-27(36)37)35(28)18-25(33-24)21-11-5-2-6-12-21/h1-14,18H,15-17H2,(H,36,37). The first-order valence-electron chi connectivity index (χ1n) is 11.6. The number of imidazole rings is 1. The topological polar surface area (TPSA) is 67.5 Å². The Hall–Kier alpha value is -4.46. The van der Waals surface area contributed by atoms with Gasteiger partial charge in [-0.1, -0.05) is 78.9 Å². The lowest BCUT2D eigenvalue weighted by Crippen LogP contribution is -2.08. The van der Waals surface area contributed by atoms with Crippen molar-refractivity contribution in [1.82, 2.24) is 14.4 Å². The van der Waals surface area contributed by atoms with Crippen LogP contribution in [0.4, 0.5) is 13.2 Å². The molecule has 0 fully saturated rings. The van der Waals surface area contributed by atoms with E-state index < -0.39 is 17.7 Å². The fraction of sp³-hybridized carbons (Fsp3) is 0.138. The van der Waals surface area contributed by atoms with Crippen LogP contribution >= 0.6 is 0 Å². The molecule has 2 heterocycles. The van der Waals surface area contributed by atoms with Crippen LogP contribution in [0.1, 0.15) is 33.8 Å². The molecule has 5 nitrogen and oxygen atoms in total. The molecule has 0 spiro atoms. The maximum atomic E-state index is 13.3. The van der Waals surface area contributed by atoms with Gasteiger partial charge in [-0.3, -0.25) is 9.20 Å². The van der Waals surface area contributed by atoms with Gasteiger partial charge in [-0.25, -0.2) is 9.97 Å². The Morgan fingerprint density at radius 2 is 1.46 bits per heavy atom. The third-order valence-electron chi connectivity index (χ3n) is 6.09. The number of alkyl halides is 3.